The molecule has 4 nitrogen and oxygen atoms in total. The first-order chi connectivity index (χ1) is 12.2. The smallest absolute Gasteiger partial charge is 0.265 e. The van der Waals surface area contributed by atoms with Crippen LogP contribution in [0.4, 0.5) is 0 Å². The van der Waals surface area contributed by atoms with E-state index in [9.17, 15) is 8.42 Å². The summed E-state index contributed by atoms with van der Waals surface area (Å²) in [6, 6.07) is 0. The third-order valence-electron chi connectivity index (χ3n) is 5.37. The summed E-state index contributed by atoms with van der Waals surface area (Å²) in [6.07, 6.45) is 19.1. The van der Waals surface area contributed by atoms with Crippen LogP contribution < -0.4 is 5.73 Å². The van der Waals surface area contributed by atoms with Crippen LogP contribution >= 0.6 is 0 Å². The molecule has 3 N–H and O–H groups in total. The zero-order valence-electron chi connectivity index (χ0n) is 17.6. The molecule has 0 fully saturated rings. The zero-order valence-corrected chi connectivity index (χ0v) is 18.5. The Labute approximate surface area is 163 Å². The fraction of sp³-hybridized carbons (Fsp3) is 1.00. The Morgan fingerprint density at radius 1 is 0.769 bits per heavy atom. The Morgan fingerprint density at radius 2 is 1.12 bits per heavy atom. The van der Waals surface area contributed by atoms with Crippen molar-refractivity contribution in [3.8, 4) is 0 Å². The van der Waals surface area contributed by atoms with E-state index in [0.29, 0.717) is 0 Å². The molecule has 0 aliphatic heterocycles. The van der Waals surface area contributed by atoms with E-state index in [4.69, 9.17) is 10.3 Å². The van der Waals surface area contributed by atoms with Gasteiger partial charge in [-0.2, -0.15) is 8.42 Å². The van der Waals surface area contributed by atoms with Gasteiger partial charge in [-0.05, 0) is 26.2 Å². The molecule has 5 heteroatoms. The average molecular weight is 392 g/mol. The van der Waals surface area contributed by atoms with Crippen LogP contribution in [-0.4, -0.2) is 24.3 Å². The van der Waals surface area contributed by atoms with Crippen molar-refractivity contribution in [2.75, 3.05) is 5.75 Å². The van der Waals surface area contributed by atoms with E-state index in [1.807, 2.05) is 13.8 Å². The van der Waals surface area contributed by atoms with Gasteiger partial charge in [-0.3, -0.25) is 4.55 Å². The molecule has 0 spiro atoms. The van der Waals surface area contributed by atoms with Crippen LogP contribution in [0.3, 0.4) is 0 Å². The largest absolute Gasteiger partial charge is 0.325 e. The van der Waals surface area contributed by atoms with Crippen molar-refractivity contribution in [2.45, 2.75) is 123 Å². The van der Waals surface area contributed by atoms with Gasteiger partial charge in [0.25, 0.3) is 10.1 Å². The molecule has 0 rings (SSSR count). The summed E-state index contributed by atoms with van der Waals surface area (Å²) in [4.78, 5) is 0. The summed E-state index contributed by atoms with van der Waals surface area (Å²) >= 11 is 0. The van der Waals surface area contributed by atoms with Crippen LogP contribution in [-0.2, 0) is 10.1 Å². The molecule has 0 aromatic carbocycles. The van der Waals surface area contributed by atoms with Crippen molar-refractivity contribution in [2.24, 2.45) is 11.7 Å². The molecule has 0 bridgehead atoms. The lowest BCUT2D eigenvalue weighted by Gasteiger charge is -2.29. The van der Waals surface area contributed by atoms with Gasteiger partial charge in [0.05, 0.1) is 5.75 Å². The molecule has 158 valence electrons. The summed E-state index contributed by atoms with van der Waals surface area (Å²) in [7, 11) is -3.96. The molecule has 0 aromatic rings. The molecule has 0 heterocycles. The first-order valence-electron chi connectivity index (χ1n) is 10.9. The summed E-state index contributed by atoms with van der Waals surface area (Å²) in [5, 5.41) is 0. The molecule has 1 unspecified atom stereocenters. The molecule has 0 aliphatic rings. The first kappa shape index (κ1) is 25.9. The minimum Gasteiger partial charge on any atom is -0.325 e. The van der Waals surface area contributed by atoms with Gasteiger partial charge in [0.15, 0.2) is 0 Å². The van der Waals surface area contributed by atoms with Crippen molar-refractivity contribution < 1.29 is 13.0 Å². The summed E-state index contributed by atoms with van der Waals surface area (Å²) < 4.78 is 31.4. The van der Waals surface area contributed by atoms with Crippen LogP contribution in [0.2, 0.25) is 0 Å². The molecule has 0 amide bonds. The van der Waals surface area contributed by atoms with Gasteiger partial charge in [-0.1, -0.05) is 96.8 Å². The zero-order chi connectivity index (χ0) is 19.9. The molecule has 0 saturated carbocycles. The highest BCUT2D eigenvalue weighted by Gasteiger charge is 2.28. The van der Waals surface area contributed by atoms with Crippen molar-refractivity contribution in [1.29, 1.82) is 0 Å². The Hall–Kier alpha value is -0.130. The minimum absolute atomic E-state index is 0.185. The van der Waals surface area contributed by atoms with E-state index < -0.39 is 15.7 Å². The first-order valence-corrected chi connectivity index (χ1v) is 12.5. The lowest BCUT2D eigenvalue weighted by atomic mass is 9.85. The van der Waals surface area contributed by atoms with E-state index in [0.717, 1.165) is 19.3 Å². The van der Waals surface area contributed by atoms with Crippen molar-refractivity contribution in [3.63, 3.8) is 0 Å². The van der Waals surface area contributed by atoms with Crippen LogP contribution in [0.15, 0.2) is 0 Å². The fourth-order valence-corrected chi connectivity index (χ4v) is 4.61. The second kappa shape index (κ2) is 14.9. The van der Waals surface area contributed by atoms with Crippen molar-refractivity contribution >= 4 is 10.1 Å². The highest BCUT2D eigenvalue weighted by atomic mass is 32.2. The van der Waals surface area contributed by atoms with E-state index in [2.05, 4.69) is 6.92 Å². The van der Waals surface area contributed by atoms with Crippen LogP contribution in [0.5, 0.6) is 0 Å². The summed E-state index contributed by atoms with van der Waals surface area (Å²) in [5.74, 6) is -0.413. The molecule has 0 saturated heterocycles. The fourth-order valence-electron chi connectivity index (χ4n) is 3.51. The third-order valence-corrected chi connectivity index (χ3v) is 6.19. The van der Waals surface area contributed by atoms with Crippen LogP contribution in [0.1, 0.15) is 117 Å². The normalized spacial score (nSPS) is 13.9. The maximum absolute atomic E-state index is 11.1. The predicted molar refractivity (Wildman–Crippen MR) is 113 cm³/mol. The molecular formula is C21H45NO3S. The topological polar surface area (TPSA) is 80.4 Å². The van der Waals surface area contributed by atoms with Gasteiger partial charge < -0.3 is 5.73 Å². The second-order valence-corrected chi connectivity index (χ2v) is 10.1. The second-order valence-electron chi connectivity index (χ2n) is 8.65. The Morgan fingerprint density at radius 3 is 1.42 bits per heavy atom. The highest BCUT2D eigenvalue weighted by Crippen LogP contribution is 2.23. The maximum atomic E-state index is 11.1. The van der Waals surface area contributed by atoms with Crippen molar-refractivity contribution in [1.82, 2.24) is 0 Å². The summed E-state index contributed by atoms with van der Waals surface area (Å²) in [6.45, 7) is 5.94. The molecular weight excluding hydrogens is 346 g/mol. The lowest BCUT2D eigenvalue weighted by molar-refractivity contribution is 0.311. The van der Waals surface area contributed by atoms with E-state index in [1.165, 1.54) is 77.0 Å². The maximum Gasteiger partial charge on any atom is 0.265 e. The molecule has 0 aliphatic carbocycles. The summed E-state index contributed by atoms with van der Waals surface area (Å²) in [5.41, 5.74) is 5.49. The predicted octanol–water partition coefficient (Wildman–Crippen LogP) is 6.10. The Balaban J connectivity index is 3.54. The van der Waals surface area contributed by atoms with Gasteiger partial charge in [0.2, 0.25) is 0 Å². The quantitative estimate of drug-likeness (QED) is 0.218. The monoisotopic (exact) mass is 391 g/mol. The van der Waals surface area contributed by atoms with E-state index in [-0.39, 0.29) is 11.7 Å². The Bertz CT molecular complexity index is 415. The highest BCUT2D eigenvalue weighted by molar-refractivity contribution is 7.85. The van der Waals surface area contributed by atoms with Gasteiger partial charge in [0, 0.05) is 5.54 Å². The van der Waals surface area contributed by atoms with E-state index >= 15 is 0 Å². The minimum atomic E-state index is -3.96. The number of hydrogen-bond acceptors (Lipinski definition) is 3. The number of nitrogens with two attached hydrogens (primary N) is 1. The van der Waals surface area contributed by atoms with Gasteiger partial charge in [-0.15, -0.1) is 0 Å². The molecule has 26 heavy (non-hydrogen) atoms. The lowest BCUT2D eigenvalue weighted by Crippen LogP contribution is -2.44. The number of hydrogen-bond donors (Lipinski definition) is 2. The standard InChI is InChI=1S/C21H45NO3S/c1-4-5-6-7-8-9-10-11-12-13-14-15-16-17-18-20(21(2,3)22)19-26(23,24)25/h20H,4-19,22H2,1-3H3,(H,23,24,25). The van der Waals surface area contributed by atoms with E-state index in [1.54, 1.807) is 0 Å². The number of unbranched alkanes of at least 4 members (excludes halogenated alkanes) is 13. The third kappa shape index (κ3) is 17.3. The molecule has 1 atom stereocenters. The Kier molecular flexibility index (Phi) is 14.8. The van der Waals surface area contributed by atoms with Gasteiger partial charge in [-0.25, -0.2) is 0 Å². The van der Waals surface area contributed by atoms with Gasteiger partial charge in [0.1, 0.15) is 0 Å². The van der Waals surface area contributed by atoms with Crippen molar-refractivity contribution in [3.05, 3.63) is 0 Å². The van der Waals surface area contributed by atoms with Crippen LogP contribution in [0.25, 0.3) is 0 Å². The SMILES string of the molecule is CCCCCCCCCCCCCCCCC(CS(=O)(=O)O)C(C)(C)N. The molecule has 0 aromatic heterocycles. The van der Waals surface area contributed by atoms with Gasteiger partial charge >= 0.3 is 0 Å². The van der Waals surface area contributed by atoms with Crippen LogP contribution in [0, 0.1) is 5.92 Å². The average Bonchev–Trinajstić information content (AvgIpc) is 2.52. The molecule has 0 radical (unpaired) electrons. The number of rotatable bonds is 18.